The number of carbonyl (C=O) groups is 2. The van der Waals surface area contributed by atoms with Crippen molar-refractivity contribution in [1.82, 2.24) is 14.5 Å². The summed E-state index contributed by atoms with van der Waals surface area (Å²) in [6.45, 7) is 4.13. The molecule has 92 valence electrons. The number of rotatable bonds is 2. The molecule has 1 unspecified atom stereocenters. The molecule has 16 heavy (non-hydrogen) atoms. The molecular formula is C9H17N3O3S. The lowest BCUT2D eigenvalue weighted by atomic mass is 10.4. The number of carbonyl (C=O) groups excluding carboxylic acids is 2. The second kappa shape index (κ2) is 4.32. The first kappa shape index (κ1) is 12.8. The van der Waals surface area contributed by atoms with Crippen LogP contribution >= 0.6 is 0 Å². The van der Waals surface area contributed by atoms with E-state index in [9.17, 15) is 13.8 Å². The minimum absolute atomic E-state index is 0.0416. The zero-order chi connectivity index (χ0) is 12.5. The van der Waals surface area contributed by atoms with Crippen LogP contribution < -0.4 is 5.32 Å². The normalized spacial score (nSPS) is 20.1. The Morgan fingerprint density at radius 3 is 2.44 bits per heavy atom. The molecule has 7 heteroatoms. The summed E-state index contributed by atoms with van der Waals surface area (Å²) in [7, 11) is -2.58. The Balaban J connectivity index is 2.75. The fraction of sp³-hybridized carbons (Fsp3) is 0.667. The lowest BCUT2D eigenvalue weighted by molar-refractivity contribution is 0.193. The molecule has 0 radical (unpaired) electrons. The smallest absolute Gasteiger partial charge is 0.335 e. The van der Waals surface area contributed by atoms with Gasteiger partial charge in [-0.15, -0.1) is 0 Å². The molecule has 1 heterocycles. The van der Waals surface area contributed by atoms with E-state index in [0.717, 1.165) is 9.21 Å². The van der Waals surface area contributed by atoms with Crippen molar-refractivity contribution in [2.24, 2.45) is 0 Å². The highest BCUT2D eigenvalue weighted by Crippen LogP contribution is 2.12. The zero-order valence-corrected chi connectivity index (χ0v) is 10.5. The van der Waals surface area contributed by atoms with Gasteiger partial charge in [0.2, 0.25) is 0 Å². The maximum absolute atomic E-state index is 11.7. The Labute approximate surface area is 95.7 Å². The molecule has 6 nitrogen and oxygen atoms in total. The van der Waals surface area contributed by atoms with E-state index < -0.39 is 21.8 Å². The van der Waals surface area contributed by atoms with Crippen LogP contribution in [0.5, 0.6) is 0 Å². The van der Waals surface area contributed by atoms with Crippen molar-refractivity contribution in [2.45, 2.75) is 19.9 Å². The van der Waals surface area contributed by atoms with Gasteiger partial charge in [-0.1, -0.05) is 0 Å². The Bertz CT molecular complexity index is 402. The molecule has 1 saturated heterocycles. The number of urea groups is 2. The minimum Gasteiger partial charge on any atom is -0.335 e. The van der Waals surface area contributed by atoms with Crippen molar-refractivity contribution in [2.75, 3.05) is 19.3 Å². The first-order valence-electron chi connectivity index (χ1n) is 4.95. The summed E-state index contributed by atoms with van der Waals surface area (Å²) in [5.41, 5.74) is 0. The minimum atomic E-state index is -2.58. The predicted molar refractivity (Wildman–Crippen MR) is 63.7 cm³/mol. The van der Waals surface area contributed by atoms with Gasteiger partial charge in [0.25, 0.3) is 0 Å². The van der Waals surface area contributed by atoms with E-state index in [0.29, 0.717) is 0 Å². The molecule has 1 atom stereocenters. The molecule has 0 aromatic rings. The summed E-state index contributed by atoms with van der Waals surface area (Å²) in [6, 6.07) is -1.04. The van der Waals surface area contributed by atoms with E-state index in [1.807, 2.05) is 0 Å². The lowest BCUT2D eigenvalue weighted by Crippen LogP contribution is -2.45. The highest BCUT2D eigenvalue weighted by atomic mass is 32.2. The van der Waals surface area contributed by atoms with Crippen molar-refractivity contribution in [3.05, 3.63) is 0 Å². The average Bonchev–Trinajstić information content (AvgIpc) is 2.44. The molecule has 0 aromatic carbocycles. The Hall–Kier alpha value is -1.24. The van der Waals surface area contributed by atoms with Crippen LogP contribution in [0.25, 0.3) is 0 Å². The summed E-state index contributed by atoms with van der Waals surface area (Å²) in [6.07, 6.45) is 1.38. The van der Waals surface area contributed by atoms with Crippen LogP contribution in [0.4, 0.5) is 9.59 Å². The van der Waals surface area contributed by atoms with Gasteiger partial charge in [-0.2, -0.15) is 0 Å². The molecule has 0 aliphatic carbocycles. The van der Waals surface area contributed by atoms with E-state index >= 15 is 0 Å². The van der Waals surface area contributed by atoms with Gasteiger partial charge in [-0.3, -0.25) is 0 Å². The second-order valence-corrected chi connectivity index (χ2v) is 6.46. The molecule has 0 spiro atoms. The lowest BCUT2D eigenvalue weighted by Gasteiger charge is -2.19. The number of nitrogens with one attached hydrogen (secondary N) is 1. The fourth-order valence-electron chi connectivity index (χ4n) is 1.39. The Kier molecular flexibility index (Phi) is 3.47. The average molecular weight is 247 g/mol. The third-order valence-electron chi connectivity index (χ3n) is 2.09. The summed E-state index contributed by atoms with van der Waals surface area (Å²) in [5.74, 6) is 3.43. The molecule has 0 bridgehead atoms. The van der Waals surface area contributed by atoms with Crippen LogP contribution in [-0.2, 0) is 9.71 Å². The fourth-order valence-corrected chi connectivity index (χ4v) is 2.29. The van der Waals surface area contributed by atoms with Crippen LogP contribution in [0, 0.1) is 0 Å². The number of hydrogen-bond acceptors (Lipinski definition) is 3. The maximum atomic E-state index is 11.7. The van der Waals surface area contributed by atoms with Gasteiger partial charge < -0.3 is 5.32 Å². The van der Waals surface area contributed by atoms with E-state index in [4.69, 9.17) is 0 Å². The highest BCUT2D eigenvalue weighted by Gasteiger charge is 2.35. The Morgan fingerprint density at radius 2 is 2.06 bits per heavy atom. The van der Waals surface area contributed by atoms with Gasteiger partial charge in [0.15, 0.2) is 0 Å². The predicted octanol–water partition coefficient (Wildman–Crippen LogP) is 0.103. The number of imide groups is 1. The summed E-state index contributed by atoms with van der Waals surface area (Å²) in [5, 5.41) is 2.61. The van der Waals surface area contributed by atoms with Crippen LogP contribution in [0.3, 0.4) is 0 Å². The van der Waals surface area contributed by atoms with Crippen LogP contribution in [0.2, 0.25) is 0 Å². The second-order valence-electron chi connectivity index (χ2n) is 4.10. The largest absolute Gasteiger partial charge is 0.339 e. The molecule has 0 aromatic heterocycles. The van der Waals surface area contributed by atoms with Crippen LogP contribution in [0.1, 0.15) is 13.8 Å². The number of nitrogens with zero attached hydrogens (tertiary/aromatic N) is 2. The van der Waals surface area contributed by atoms with E-state index in [2.05, 4.69) is 11.2 Å². The van der Waals surface area contributed by atoms with Crippen molar-refractivity contribution in [3.8, 4) is 0 Å². The molecule has 4 amide bonds. The van der Waals surface area contributed by atoms with Gasteiger partial charge >= 0.3 is 12.1 Å². The van der Waals surface area contributed by atoms with Gasteiger partial charge in [0, 0.05) is 22.0 Å². The van der Waals surface area contributed by atoms with Crippen molar-refractivity contribution in [1.29, 1.82) is 0 Å². The molecule has 1 aliphatic rings. The van der Waals surface area contributed by atoms with Crippen molar-refractivity contribution < 1.29 is 13.8 Å². The molecule has 1 rings (SSSR count). The molecule has 1 N–H and O–H groups in total. The highest BCUT2D eigenvalue weighted by molar-refractivity contribution is 7.97. The SMILES string of the molecule is C=S(C)(=O)N1CCN(C(=O)NC(C)C)C1=O. The number of amides is 4. The molecule has 1 aliphatic heterocycles. The molecular weight excluding hydrogens is 230 g/mol. The standard InChI is InChI=1S/C9H17N3O3S/c1-7(2)10-8(13)11-5-6-12(9(11)14)16(3,4)15/h7H,3,5-6H2,1-2,4H3,(H,10,13). The number of hydrogen-bond donors (Lipinski definition) is 1. The van der Waals surface area contributed by atoms with Crippen molar-refractivity contribution >= 4 is 27.6 Å². The summed E-state index contributed by atoms with van der Waals surface area (Å²) < 4.78 is 12.8. The van der Waals surface area contributed by atoms with Gasteiger partial charge in [0.1, 0.15) is 0 Å². The van der Waals surface area contributed by atoms with Crippen molar-refractivity contribution in [3.63, 3.8) is 0 Å². The van der Waals surface area contributed by atoms with Crippen LogP contribution in [0.15, 0.2) is 0 Å². The van der Waals surface area contributed by atoms with Gasteiger partial charge in [0.05, 0.1) is 13.1 Å². The molecule has 0 saturated carbocycles. The molecule has 1 fully saturated rings. The quantitative estimate of drug-likeness (QED) is 0.704. The topological polar surface area (TPSA) is 69.7 Å². The van der Waals surface area contributed by atoms with E-state index in [-0.39, 0.29) is 19.1 Å². The van der Waals surface area contributed by atoms with Gasteiger partial charge in [-0.25, -0.2) is 23.0 Å². The van der Waals surface area contributed by atoms with Crippen LogP contribution in [-0.4, -0.2) is 56.7 Å². The van der Waals surface area contributed by atoms with E-state index in [1.165, 1.54) is 6.26 Å². The third kappa shape index (κ3) is 2.66. The van der Waals surface area contributed by atoms with E-state index in [1.54, 1.807) is 13.8 Å². The summed E-state index contributed by atoms with van der Waals surface area (Å²) >= 11 is 0. The zero-order valence-electron chi connectivity index (χ0n) is 9.73. The van der Waals surface area contributed by atoms with Gasteiger partial charge in [-0.05, 0) is 19.7 Å². The first-order chi connectivity index (χ1) is 7.23. The monoisotopic (exact) mass is 247 g/mol. The summed E-state index contributed by atoms with van der Waals surface area (Å²) in [4.78, 5) is 24.4. The third-order valence-corrected chi connectivity index (χ3v) is 3.37. The maximum Gasteiger partial charge on any atom is 0.339 e. The Morgan fingerprint density at radius 1 is 1.50 bits per heavy atom. The first-order valence-corrected chi connectivity index (χ1v) is 7.04.